The van der Waals surface area contributed by atoms with Gasteiger partial charge in [0, 0.05) is 11.5 Å². The summed E-state index contributed by atoms with van der Waals surface area (Å²) in [6.07, 6.45) is 0. The van der Waals surface area contributed by atoms with Crippen molar-refractivity contribution in [3.63, 3.8) is 0 Å². The van der Waals surface area contributed by atoms with Crippen LogP contribution >= 0.6 is 23.5 Å². The standard InChI is InChI=1S/C14H15N3S2/c1-9-7-18-14(15-9)19-8-13-10(2)16-11-5-3-4-6-12(11)17-13/h3-6,9H,7-8H2,1-2H3. The molecule has 1 unspecified atom stereocenters. The van der Waals surface area contributed by atoms with Crippen molar-refractivity contribution in [3.05, 3.63) is 35.7 Å². The molecule has 1 atom stereocenters. The van der Waals surface area contributed by atoms with Gasteiger partial charge in [-0.25, -0.2) is 9.97 Å². The maximum Gasteiger partial charge on any atom is 0.125 e. The van der Waals surface area contributed by atoms with E-state index in [0.717, 1.165) is 33.9 Å². The lowest BCUT2D eigenvalue weighted by Crippen LogP contribution is -1.98. The average Bonchev–Trinajstić information content (AvgIpc) is 2.82. The lowest BCUT2D eigenvalue weighted by Gasteiger charge is -2.06. The number of hydrogen-bond donors (Lipinski definition) is 0. The van der Waals surface area contributed by atoms with Gasteiger partial charge in [0.1, 0.15) is 4.38 Å². The summed E-state index contributed by atoms with van der Waals surface area (Å²) in [5, 5.41) is 0. The number of aliphatic imine (C=N–C) groups is 1. The lowest BCUT2D eigenvalue weighted by atomic mass is 10.2. The van der Waals surface area contributed by atoms with E-state index in [0.29, 0.717) is 6.04 Å². The average molecular weight is 289 g/mol. The van der Waals surface area contributed by atoms with Gasteiger partial charge in [0.2, 0.25) is 0 Å². The van der Waals surface area contributed by atoms with E-state index in [1.807, 2.05) is 43.0 Å². The minimum Gasteiger partial charge on any atom is -0.268 e. The lowest BCUT2D eigenvalue weighted by molar-refractivity contribution is 0.867. The van der Waals surface area contributed by atoms with Gasteiger partial charge in [-0.3, -0.25) is 4.99 Å². The van der Waals surface area contributed by atoms with E-state index in [1.54, 1.807) is 11.8 Å². The molecule has 2 aromatic rings. The molecule has 1 aromatic carbocycles. The third-order valence-electron chi connectivity index (χ3n) is 2.95. The molecule has 1 aliphatic heterocycles. The predicted octanol–water partition coefficient (Wildman–Crippen LogP) is 3.66. The van der Waals surface area contributed by atoms with Crippen molar-refractivity contribution >= 4 is 38.9 Å². The van der Waals surface area contributed by atoms with Crippen molar-refractivity contribution in [2.45, 2.75) is 25.6 Å². The number of aryl methyl sites for hydroxylation is 1. The summed E-state index contributed by atoms with van der Waals surface area (Å²) < 4.78 is 1.18. The van der Waals surface area contributed by atoms with Gasteiger partial charge in [0.25, 0.3) is 0 Å². The van der Waals surface area contributed by atoms with Crippen molar-refractivity contribution in [2.24, 2.45) is 4.99 Å². The van der Waals surface area contributed by atoms with Crippen LogP contribution < -0.4 is 0 Å². The first-order valence-corrected chi connectivity index (χ1v) is 8.25. The van der Waals surface area contributed by atoms with Crippen LogP contribution in [0.5, 0.6) is 0 Å². The quantitative estimate of drug-likeness (QED) is 0.845. The molecule has 98 valence electrons. The van der Waals surface area contributed by atoms with E-state index in [1.165, 1.54) is 4.38 Å². The highest BCUT2D eigenvalue weighted by Crippen LogP contribution is 2.28. The zero-order valence-electron chi connectivity index (χ0n) is 11.0. The van der Waals surface area contributed by atoms with Gasteiger partial charge in [0.05, 0.1) is 28.5 Å². The van der Waals surface area contributed by atoms with Crippen LogP contribution in [0.15, 0.2) is 29.3 Å². The molecule has 0 saturated heterocycles. The normalized spacial score (nSPS) is 18.8. The van der Waals surface area contributed by atoms with E-state index in [4.69, 9.17) is 4.98 Å². The van der Waals surface area contributed by atoms with Crippen LogP contribution in [-0.4, -0.2) is 26.1 Å². The molecular weight excluding hydrogens is 274 g/mol. The van der Waals surface area contributed by atoms with E-state index in [9.17, 15) is 0 Å². The molecule has 2 heterocycles. The Labute approximate surface area is 121 Å². The van der Waals surface area contributed by atoms with Crippen molar-refractivity contribution in [2.75, 3.05) is 5.75 Å². The van der Waals surface area contributed by atoms with Crippen LogP contribution in [0.3, 0.4) is 0 Å². The number of hydrogen-bond acceptors (Lipinski definition) is 5. The molecule has 0 radical (unpaired) electrons. The number of aromatic nitrogens is 2. The van der Waals surface area contributed by atoms with Gasteiger partial charge >= 0.3 is 0 Å². The van der Waals surface area contributed by atoms with Gasteiger partial charge in [-0.15, -0.1) is 0 Å². The Balaban J connectivity index is 1.80. The van der Waals surface area contributed by atoms with Gasteiger partial charge in [0.15, 0.2) is 0 Å². The fraction of sp³-hybridized carbons (Fsp3) is 0.357. The molecule has 5 heteroatoms. The number of fused-ring (bicyclic) bond motifs is 1. The van der Waals surface area contributed by atoms with Crippen LogP contribution in [0, 0.1) is 6.92 Å². The molecule has 0 aliphatic carbocycles. The number of para-hydroxylation sites is 2. The Hall–Kier alpha value is -1.07. The Morgan fingerprint density at radius 3 is 2.68 bits per heavy atom. The Morgan fingerprint density at radius 1 is 1.26 bits per heavy atom. The predicted molar refractivity (Wildman–Crippen MR) is 84.9 cm³/mol. The Kier molecular flexibility index (Phi) is 3.75. The summed E-state index contributed by atoms with van der Waals surface area (Å²) in [6.45, 7) is 4.18. The second-order valence-electron chi connectivity index (χ2n) is 4.59. The van der Waals surface area contributed by atoms with Crippen LogP contribution in [0.25, 0.3) is 11.0 Å². The first-order chi connectivity index (χ1) is 9.22. The van der Waals surface area contributed by atoms with Crippen LogP contribution in [-0.2, 0) is 5.75 Å². The molecule has 3 rings (SSSR count). The molecule has 3 nitrogen and oxygen atoms in total. The molecule has 0 fully saturated rings. The van der Waals surface area contributed by atoms with Gasteiger partial charge in [-0.1, -0.05) is 35.7 Å². The summed E-state index contributed by atoms with van der Waals surface area (Å²) in [6, 6.07) is 8.47. The molecule has 0 bridgehead atoms. The molecular formula is C14H15N3S2. The van der Waals surface area contributed by atoms with Crippen molar-refractivity contribution in [1.82, 2.24) is 9.97 Å². The number of thioether (sulfide) groups is 2. The highest BCUT2D eigenvalue weighted by atomic mass is 32.2. The molecule has 0 spiro atoms. The fourth-order valence-corrected chi connectivity index (χ4v) is 4.13. The molecule has 1 aliphatic rings. The first-order valence-electron chi connectivity index (χ1n) is 6.28. The van der Waals surface area contributed by atoms with Gasteiger partial charge < -0.3 is 0 Å². The minimum atomic E-state index is 0.455. The summed E-state index contributed by atoms with van der Waals surface area (Å²) in [4.78, 5) is 13.9. The van der Waals surface area contributed by atoms with Gasteiger partial charge in [-0.2, -0.15) is 0 Å². The maximum absolute atomic E-state index is 4.71. The van der Waals surface area contributed by atoms with Crippen LogP contribution in [0.2, 0.25) is 0 Å². The van der Waals surface area contributed by atoms with Gasteiger partial charge in [-0.05, 0) is 26.0 Å². The number of benzene rings is 1. The molecule has 19 heavy (non-hydrogen) atoms. The van der Waals surface area contributed by atoms with E-state index in [-0.39, 0.29) is 0 Å². The maximum atomic E-state index is 4.71. The third kappa shape index (κ3) is 2.92. The van der Waals surface area contributed by atoms with Crippen molar-refractivity contribution in [1.29, 1.82) is 0 Å². The van der Waals surface area contributed by atoms with Crippen molar-refractivity contribution < 1.29 is 0 Å². The van der Waals surface area contributed by atoms with E-state index in [2.05, 4.69) is 16.9 Å². The Bertz CT molecular complexity index is 640. The summed E-state index contributed by atoms with van der Waals surface area (Å²) in [5.41, 5.74) is 4.02. The number of rotatable bonds is 2. The molecule has 1 aromatic heterocycles. The minimum absolute atomic E-state index is 0.455. The topological polar surface area (TPSA) is 38.1 Å². The monoisotopic (exact) mass is 289 g/mol. The largest absolute Gasteiger partial charge is 0.268 e. The highest BCUT2D eigenvalue weighted by Gasteiger charge is 2.15. The highest BCUT2D eigenvalue weighted by molar-refractivity contribution is 8.38. The van der Waals surface area contributed by atoms with Crippen LogP contribution in [0.1, 0.15) is 18.3 Å². The van der Waals surface area contributed by atoms with Crippen LogP contribution in [0.4, 0.5) is 0 Å². The van der Waals surface area contributed by atoms with E-state index < -0.39 is 0 Å². The number of nitrogens with zero attached hydrogens (tertiary/aromatic N) is 3. The third-order valence-corrected chi connectivity index (χ3v) is 5.43. The molecule has 0 saturated carbocycles. The zero-order chi connectivity index (χ0) is 13.2. The smallest absolute Gasteiger partial charge is 0.125 e. The second kappa shape index (κ2) is 5.51. The van der Waals surface area contributed by atoms with E-state index >= 15 is 0 Å². The second-order valence-corrected chi connectivity index (χ2v) is 6.82. The first kappa shape index (κ1) is 12.9. The molecule has 0 amide bonds. The SMILES string of the molecule is Cc1nc2ccccc2nc1CSC1=NC(C)CS1. The summed E-state index contributed by atoms with van der Waals surface area (Å²) in [5.74, 6) is 1.95. The summed E-state index contributed by atoms with van der Waals surface area (Å²) >= 11 is 3.62. The van der Waals surface area contributed by atoms with Crippen molar-refractivity contribution in [3.8, 4) is 0 Å². The fourth-order valence-electron chi connectivity index (χ4n) is 1.92. The molecule has 0 N–H and O–H groups in total. The zero-order valence-corrected chi connectivity index (χ0v) is 12.6. The summed E-state index contributed by atoms with van der Waals surface area (Å²) in [7, 11) is 0. The Morgan fingerprint density at radius 2 is 2.00 bits per heavy atom.